The first kappa shape index (κ1) is 16.9. The van der Waals surface area contributed by atoms with E-state index in [1.807, 2.05) is 31.0 Å². The van der Waals surface area contributed by atoms with Crippen LogP contribution in [0.1, 0.15) is 42.1 Å². The van der Waals surface area contributed by atoms with Crippen LogP contribution in [0, 0.1) is 12.3 Å². The third-order valence-electron chi connectivity index (χ3n) is 5.04. The van der Waals surface area contributed by atoms with Crippen molar-refractivity contribution in [3.8, 4) is 0 Å². The zero-order chi connectivity index (χ0) is 17.7. The Hall–Kier alpha value is -1.97. The molecule has 4 heteroatoms. The average Bonchev–Trinajstić information content (AvgIpc) is 2.75. The summed E-state index contributed by atoms with van der Waals surface area (Å²) in [6, 6.07) is 12.3. The fourth-order valence-corrected chi connectivity index (χ4v) is 4.01. The van der Waals surface area contributed by atoms with Gasteiger partial charge in [0.05, 0.1) is 11.6 Å². The zero-order valence-electron chi connectivity index (χ0n) is 14.4. The van der Waals surface area contributed by atoms with E-state index in [9.17, 15) is 13.2 Å². The van der Waals surface area contributed by atoms with Gasteiger partial charge in [0, 0.05) is 12.7 Å². The zero-order valence-corrected chi connectivity index (χ0v) is 14.4. The number of halogens is 3. The molecule has 0 bridgehead atoms. The molecule has 0 aromatic heterocycles. The molecule has 0 saturated carbocycles. The smallest absolute Gasteiger partial charge is 0.367 e. The Morgan fingerprint density at radius 1 is 1.08 bits per heavy atom. The van der Waals surface area contributed by atoms with Gasteiger partial charge in [-0.1, -0.05) is 44.2 Å². The second-order valence-electron chi connectivity index (χ2n) is 7.38. The molecular formula is C20H22F3N. The second kappa shape index (κ2) is 5.54. The molecule has 2 aromatic carbocycles. The Bertz CT molecular complexity index is 762. The van der Waals surface area contributed by atoms with Crippen LogP contribution in [0.15, 0.2) is 42.5 Å². The maximum absolute atomic E-state index is 13.1. The predicted molar refractivity (Wildman–Crippen MR) is 91.3 cm³/mol. The molecule has 0 spiro atoms. The topological polar surface area (TPSA) is 3.24 Å². The van der Waals surface area contributed by atoms with Crippen LogP contribution < -0.4 is 4.90 Å². The molecular weight excluding hydrogens is 311 g/mol. The van der Waals surface area contributed by atoms with Crippen molar-refractivity contribution in [2.75, 3.05) is 11.9 Å². The van der Waals surface area contributed by atoms with Crippen LogP contribution in [-0.2, 0) is 12.6 Å². The molecule has 0 N–H and O–H groups in total. The summed E-state index contributed by atoms with van der Waals surface area (Å²) in [6.07, 6.45) is -3.40. The van der Waals surface area contributed by atoms with Gasteiger partial charge in [0.25, 0.3) is 0 Å². The van der Waals surface area contributed by atoms with Gasteiger partial charge in [-0.3, -0.25) is 0 Å². The van der Waals surface area contributed by atoms with E-state index in [-0.39, 0.29) is 11.5 Å². The highest BCUT2D eigenvalue weighted by Crippen LogP contribution is 2.50. The lowest BCUT2D eigenvalue weighted by atomic mass is 9.84. The minimum atomic E-state index is -4.33. The van der Waals surface area contributed by atoms with Crippen LogP contribution in [0.25, 0.3) is 0 Å². The summed E-state index contributed by atoms with van der Waals surface area (Å²) in [6.45, 7) is 6.22. The second-order valence-corrected chi connectivity index (χ2v) is 7.38. The van der Waals surface area contributed by atoms with Crippen LogP contribution in [0.3, 0.4) is 0 Å². The van der Waals surface area contributed by atoms with E-state index in [2.05, 4.69) is 26.0 Å². The van der Waals surface area contributed by atoms with Crippen molar-refractivity contribution < 1.29 is 13.2 Å². The van der Waals surface area contributed by atoms with Crippen LogP contribution in [0.2, 0.25) is 0 Å². The Morgan fingerprint density at radius 3 is 2.42 bits per heavy atom. The van der Waals surface area contributed by atoms with Gasteiger partial charge in [-0.25, -0.2) is 0 Å². The molecule has 1 unspecified atom stereocenters. The van der Waals surface area contributed by atoms with E-state index >= 15 is 0 Å². The normalized spacial score (nSPS) is 19.2. The molecule has 0 fully saturated rings. The Morgan fingerprint density at radius 2 is 1.75 bits per heavy atom. The van der Waals surface area contributed by atoms with Crippen molar-refractivity contribution in [3.05, 3.63) is 64.7 Å². The highest BCUT2D eigenvalue weighted by atomic mass is 19.4. The van der Waals surface area contributed by atoms with Crippen molar-refractivity contribution in [1.29, 1.82) is 0 Å². The minimum absolute atomic E-state index is 0.0425. The molecule has 1 aliphatic rings. The van der Waals surface area contributed by atoms with Crippen LogP contribution in [-0.4, -0.2) is 7.05 Å². The summed E-state index contributed by atoms with van der Waals surface area (Å²) < 4.78 is 39.3. The van der Waals surface area contributed by atoms with Gasteiger partial charge in [0.15, 0.2) is 0 Å². The molecule has 0 radical (unpaired) electrons. The number of benzene rings is 2. The Kier molecular flexibility index (Phi) is 3.89. The lowest BCUT2D eigenvalue weighted by molar-refractivity contribution is -0.137. The monoisotopic (exact) mass is 333 g/mol. The molecule has 0 saturated heterocycles. The lowest BCUT2D eigenvalue weighted by Gasteiger charge is -2.38. The third kappa shape index (κ3) is 2.79. The third-order valence-corrected chi connectivity index (χ3v) is 5.04. The lowest BCUT2D eigenvalue weighted by Crippen LogP contribution is -2.33. The minimum Gasteiger partial charge on any atom is -0.367 e. The van der Waals surface area contributed by atoms with Gasteiger partial charge in [-0.2, -0.15) is 13.2 Å². The van der Waals surface area contributed by atoms with E-state index in [1.165, 1.54) is 17.2 Å². The molecule has 0 amide bonds. The summed E-state index contributed by atoms with van der Waals surface area (Å²) in [5.41, 5.74) is 3.34. The average molecular weight is 333 g/mol. The summed E-state index contributed by atoms with van der Waals surface area (Å²) in [7, 11) is 1.90. The van der Waals surface area contributed by atoms with E-state index in [4.69, 9.17) is 0 Å². The van der Waals surface area contributed by atoms with Crippen molar-refractivity contribution in [2.45, 2.75) is 39.4 Å². The Labute approximate surface area is 141 Å². The molecule has 0 heterocycles. The summed E-state index contributed by atoms with van der Waals surface area (Å²) in [5, 5.41) is 0. The maximum atomic E-state index is 13.1. The number of alkyl halides is 3. The largest absolute Gasteiger partial charge is 0.416 e. The van der Waals surface area contributed by atoms with Crippen molar-refractivity contribution in [3.63, 3.8) is 0 Å². The van der Waals surface area contributed by atoms with Crippen molar-refractivity contribution in [1.82, 2.24) is 0 Å². The van der Waals surface area contributed by atoms with Crippen LogP contribution in [0.5, 0.6) is 0 Å². The first-order valence-electron chi connectivity index (χ1n) is 8.10. The van der Waals surface area contributed by atoms with Gasteiger partial charge in [-0.15, -0.1) is 0 Å². The summed E-state index contributed by atoms with van der Waals surface area (Å²) in [4.78, 5) is 2.01. The highest BCUT2D eigenvalue weighted by molar-refractivity contribution is 5.58. The van der Waals surface area contributed by atoms with Gasteiger partial charge >= 0.3 is 6.18 Å². The van der Waals surface area contributed by atoms with Crippen LogP contribution in [0.4, 0.5) is 18.9 Å². The molecule has 24 heavy (non-hydrogen) atoms. The number of nitrogens with zero attached hydrogens (tertiary/aromatic N) is 1. The quantitative estimate of drug-likeness (QED) is 0.674. The predicted octanol–water partition coefficient (Wildman–Crippen LogP) is 5.77. The van der Waals surface area contributed by atoms with E-state index in [0.717, 1.165) is 18.1 Å². The van der Waals surface area contributed by atoms with E-state index < -0.39 is 11.7 Å². The fourth-order valence-electron chi connectivity index (χ4n) is 4.01. The van der Waals surface area contributed by atoms with Gasteiger partial charge in [-0.05, 0) is 47.6 Å². The molecule has 1 atom stereocenters. The van der Waals surface area contributed by atoms with Gasteiger partial charge < -0.3 is 4.90 Å². The first-order valence-corrected chi connectivity index (χ1v) is 8.10. The number of hydrogen-bond acceptors (Lipinski definition) is 1. The fraction of sp³-hybridized carbons (Fsp3) is 0.400. The van der Waals surface area contributed by atoms with E-state index in [0.29, 0.717) is 5.69 Å². The number of anilines is 1. The van der Waals surface area contributed by atoms with Gasteiger partial charge in [0.1, 0.15) is 0 Å². The highest BCUT2D eigenvalue weighted by Gasteiger charge is 2.42. The molecule has 3 rings (SSSR count). The molecule has 0 aliphatic heterocycles. The first-order chi connectivity index (χ1) is 11.1. The number of hydrogen-bond donors (Lipinski definition) is 0. The standard InChI is InChI=1S/C20H22F3N/c1-13-9-10-15(20(21,22)23)11-17(13)24(4)18-16-8-6-5-7-14(16)12-19(18,2)3/h5-11,18H,12H2,1-4H3. The van der Waals surface area contributed by atoms with Crippen molar-refractivity contribution in [2.24, 2.45) is 5.41 Å². The van der Waals surface area contributed by atoms with Crippen molar-refractivity contribution >= 4 is 5.69 Å². The molecule has 128 valence electrons. The number of fused-ring (bicyclic) bond motifs is 1. The summed E-state index contributed by atoms with van der Waals surface area (Å²) in [5.74, 6) is 0. The number of aryl methyl sites for hydroxylation is 1. The molecule has 1 nitrogen and oxygen atoms in total. The number of rotatable bonds is 2. The summed E-state index contributed by atoms with van der Waals surface area (Å²) >= 11 is 0. The SMILES string of the molecule is Cc1ccc(C(F)(F)F)cc1N(C)C1c2ccccc2CC1(C)C. The maximum Gasteiger partial charge on any atom is 0.416 e. The van der Waals surface area contributed by atoms with E-state index in [1.54, 1.807) is 6.07 Å². The van der Waals surface area contributed by atoms with Crippen LogP contribution >= 0.6 is 0 Å². The molecule has 1 aliphatic carbocycles. The Balaban J connectivity index is 2.07. The van der Waals surface area contributed by atoms with Gasteiger partial charge in [0.2, 0.25) is 0 Å². The molecule has 2 aromatic rings.